The molecule has 1 aliphatic heterocycles. The van der Waals surface area contributed by atoms with E-state index in [9.17, 15) is 10.2 Å². The summed E-state index contributed by atoms with van der Waals surface area (Å²) in [5, 5.41) is 36.6. The molecule has 4 N–H and O–H groups in total. The van der Waals surface area contributed by atoms with Crippen LogP contribution in [0.2, 0.25) is 0 Å². The van der Waals surface area contributed by atoms with Crippen molar-refractivity contribution in [3.8, 4) is 0 Å². The number of nitrogens with zero attached hydrogens (tertiary/aromatic N) is 3. The molecule has 8 nitrogen and oxygen atoms in total. The zero-order valence-electron chi connectivity index (χ0n) is 12.1. The van der Waals surface area contributed by atoms with Gasteiger partial charge in [0.15, 0.2) is 6.23 Å². The lowest BCUT2D eigenvalue weighted by molar-refractivity contribution is -0.0587. The van der Waals surface area contributed by atoms with Gasteiger partial charge in [-0.3, -0.25) is 4.98 Å². The van der Waals surface area contributed by atoms with Gasteiger partial charge < -0.3 is 25.4 Å². The smallest absolute Gasteiger partial charge is 0.179 e. The molecule has 0 unspecified atom stereocenters. The second-order valence-corrected chi connectivity index (χ2v) is 6.28. The van der Waals surface area contributed by atoms with Gasteiger partial charge in [-0.05, 0) is 34.2 Å². The second-order valence-electron chi connectivity index (χ2n) is 5.26. The number of ether oxygens (including phenoxy) is 1. The van der Waals surface area contributed by atoms with Crippen molar-refractivity contribution in [1.82, 2.24) is 14.8 Å². The fraction of sp³-hybridized carbons (Fsp3) is 0.429. The Labute approximate surface area is 146 Å². The fourth-order valence-electron chi connectivity index (χ4n) is 2.42. The molecular weight excluding hydrogens is 415 g/mol. The van der Waals surface area contributed by atoms with Gasteiger partial charge in [-0.15, -0.1) is 0 Å². The van der Waals surface area contributed by atoms with E-state index in [-0.39, 0.29) is 6.61 Å². The third-order valence-corrected chi connectivity index (χ3v) is 4.47. The summed E-state index contributed by atoms with van der Waals surface area (Å²) in [5.41, 5.74) is 1.82. The first-order valence-corrected chi connectivity index (χ1v) is 8.18. The molecular formula is C14H17IN4O4. The van der Waals surface area contributed by atoms with Crippen LogP contribution in [0.3, 0.4) is 0 Å². The standard InChI is InChI=1S/C14H17IN4O4/c15-13-9(17-5-8-2-1-3-16-4-8)6-19(18-13)14-12(22)11(21)10(7-20)23-14/h1-4,6,10-12,14,17,20-22H,5,7H2/t10-,11+,12+,14+/m0/s1. The number of aliphatic hydroxyl groups is 3. The predicted molar refractivity (Wildman–Crippen MR) is 89.5 cm³/mol. The van der Waals surface area contributed by atoms with Gasteiger partial charge in [0, 0.05) is 18.9 Å². The molecule has 2 aromatic heterocycles. The van der Waals surface area contributed by atoms with E-state index in [1.54, 1.807) is 18.6 Å². The average molecular weight is 432 g/mol. The van der Waals surface area contributed by atoms with Gasteiger partial charge in [-0.25, -0.2) is 4.68 Å². The van der Waals surface area contributed by atoms with Gasteiger partial charge in [0.25, 0.3) is 0 Å². The van der Waals surface area contributed by atoms with Gasteiger partial charge in [-0.2, -0.15) is 5.10 Å². The van der Waals surface area contributed by atoms with Crippen molar-refractivity contribution < 1.29 is 20.1 Å². The minimum Gasteiger partial charge on any atom is -0.394 e. The second kappa shape index (κ2) is 7.09. The van der Waals surface area contributed by atoms with Crippen LogP contribution in [-0.2, 0) is 11.3 Å². The number of hydrogen-bond donors (Lipinski definition) is 4. The van der Waals surface area contributed by atoms with Crippen molar-refractivity contribution >= 4 is 28.3 Å². The zero-order chi connectivity index (χ0) is 16.4. The number of rotatable bonds is 5. The number of aliphatic hydroxyl groups excluding tert-OH is 3. The van der Waals surface area contributed by atoms with Gasteiger partial charge >= 0.3 is 0 Å². The Balaban J connectivity index is 1.71. The van der Waals surface area contributed by atoms with Crippen LogP contribution in [0.25, 0.3) is 0 Å². The van der Waals surface area contributed by atoms with Crippen molar-refractivity contribution in [1.29, 1.82) is 0 Å². The molecule has 0 aromatic carbocycles. The van der Waals surface area contributed by atoms with E-state index in [2.05, 4.69) is 38.0 Å². The number of nitrogens with one attached hydrogen (secondary N) is 1. The average Bonchev–Trinajstić information content (AvgIpc) is 3.07. The molecule has 124 valence electrons. The van der Waals surface area contributed by atoms with Crippen LogP contribution in [0.5, 0.6) is 0 Å². The molecule has 0 spiro atoms. The summed E-state index contributed by atoms with van der Waals surface area (Å²) in [4.78, 5) is 4.06. The highest BCUT2D eigenvalue weighted by molar-refractivity contribution is 14.1. The maximum Gasteiger partial charge on any atom is 0.179 e. The lowest BCUT2D eigenvalue weighted by Gasteiger charge is -2.14. The number of hydrogen-bond acceptors (Lipinski definition) is 7. The minimum absolute atomic E-state index is 0.362. The summed E-state index contributed by atoms with van der Waals surface area (Å²) in [6.07, 6.45) is 1.27. The van der Waals surface area contributed by atoms with Gasteiger partial charge in [0.05, 0.1) is 18.5 Å². The number of halogens is 1. The highest BCUT2D eigenvalue weighted by atomic mass is 127. The van der Waals surface area contributed by atoms with Crippen LogP contribution in [0, 0.1) is 3.70 Å². The van der Waals surface area contributed by atoms with Crippen LogP contribution in [0.4, 0.5) is 5.69 Å². The summed E-state index contributed by atoms with van der Waals surface area (Å²) in [5.74, 6) is 0. The van der Waals surface area contributed by atoms with Crippen LogP contribution < -0.4 is 5.32 Å². The minimum atomic E-state index is -1.14. The molecule has 23 heavy (non-hydrogen) atoms. The summed E-state index contributed by atoms with van der Waals surface area (Å²) in [6.45, 7) is 0.227. The molecule has 1 fully saturated rings. The van der Waals surface area contributed by atoms with Gasteiger partial charge in [0.1, 0.15) is 22.0 Å². The van der Waals surface area contributed by atoms with Crippen molar-refractivity contribution in [2.75, 3.05) is 11.9 Å². The summed E-state index contributed by atoms with van der Waals surface area (Å²) >= 11 is 2.08. The van der Waals surface area contributed by atoms with E-state index in [1.807, 2.05) is 12.1 Å². The Hall–Kier alpha value is -1.27. The molecule has 3 rings (SSSR count). The normalized spacial score (nSPS) is 27.3. The largest absolute Gasteiger partial charge is 0.394 e. The van der Waals surface area contributed by atoms with E-state index in [1.165, 1.54) is 4.68 Å². The highest BCUT2D eigenvalue weighted by Crippen LogP contribution is 2.30. The summed E-state index contributed by atoms with van der Waals surface area (Å²) < 4.78 is 7.63. The van der Waals surface area contributed by atoms with Gasteiger partial charge in [-0.1, -0.05) is 6.07 Å². The molecule has 1 saturated heterocycles. The molecule has 0 amide bonds. The number of aromatic nitrogens is 3. The van der Waals surface area contributed by atoms with E-state index in [0.717, 1.165) is 11.3 Å². The van der Waals surface area contributed by atoms with Crippen molar-refractivity contribution in [3.05, 3.63) is 40.0 Å². The molecule has 3 heterocycles. The van der Waals surface area contributed by atoms with E-state index >= 15 is 0 Å². The van der Waals surface area contributed by atoms with E-state index in [4.69, 9.17) is 9.84 Å². The topological polar surface area (TPSA) is 113 Å². The monoisotopic (exact) mass is 432 g/mol. The van der Waals surface area contributed by atoms with Crippen LogP contribution in [0.15, 0.2) is 30.7 Å². The first-order valence-electron chi connectivity index (χ1n) is 7.10. The number of pyridine rings is 1. The van der Waals surface area contributed by atoms with E-state index in [0.29, 0.717) is 10.2 Å². The highest BCUT2D eigenvalue weighted by Gasteiger charge is 2.43. The SMILES string of the molecule is OC[C@@H]1O[C@@H](n2cc(NCc3cccnc3)c(I)n2)[C@H](O)[C@@H]1O. The summed E-state index contributed by atoms with van der Waals surface area (Å²) in [6, 6.07) is 3.83. The molecule has 9 heteroatoms. The van der Waals surface area contributed by atoms with Crippen LogP contribution in [0.1, 0.15) is 11.8 Å². The van der Waals surface area contributed by atoms with E-state index < -0.39 is 24.5 Å². The third kappa shape index (κ3) is 3.48. The van der Waals surface area contributed by atoms with Crippen LogP contribution >= 0.6 is 22.6 Å². The van der Waals surface area contributed by atoms with Crippen LogP contribution in [-0.4, -0.2) is 55.0 Å². The summed E-state index contributed by atoms with van der Waals surface area (Å²) in [7, 11) is 0. The third-order valence-electron chi connectivity index (χ3n) is 3.67. The Morgan fingerprint density at radius 2 is 2.17 bits per heavy atom. The molecule has 2 aromatic rings. The Morgan fingerprint density at radius 1 is 1.35 bits per heavy atom. The predicted octanol–water partition coefficient (Wildman–Crippen LogP) is 0.106. The maximum absolute atomic E-state index is 10.0. The van der Waals surface area contributed by atoms with Crippen molar-refractivity contribution in [3.63, 3.8) is 0 Å². The van der Waals surface area contributed by atoms with Gasteiger partial charge in [0.2, 0.25) is 0 Å². The van der Waals surface area contributed by atoms with Crippen molar-refractivity contribution in [2.45, 2.75) is 31.1 Å². The van der Waals surface area contributed by atoms with Crippen molar-refractivity contribution in [2.24, 2.45) is 0 Å². The first-order chi connectivity index (χ1) is 11.1. The first kappa shape index (κ1) is 16.6. The Morgan fingerprint density at radius 3 is 2.83 bits per heavy atom. The fourth-order valence-corrected chi connectivity index (χ4v) is 3.00. The molecule has 4 atom stereocenters. The molecule has 0 bridgehead atoms. The Kier molecular flexibility index (Phi) is 5.11. The zero-order valence-corrected chi connectivity index (χ0v) is 14.2. The molecule has 0 aliphatic carbocycles. The quantitative estimate of drug-likeness (QED) is 0.496. The molecule has 0 radical (unpaired) electrons. The lowest BCUT2D eigenvalue weighted by Crippen LogP contribution is -2.33. The lowest BCUT2D eigenvalue weighted by atomic mass is 10.1. The maximum atomic E-state index is 10.0. The number of anilines is 1. The Bertz CT molecular complexity index is 653. The molecule has 0 saturated carbocycles. The molecule has 1 aliphatic rings.